The Balaban J connectivity index is 2.39. The van der Waals surface area contributed by atoms with Crippen LogP contribution in [0.15, 0.2) is 22.7 Å². The van der Waals surface area contributed by atoms with Crippen LogP contribution in [0.4, 0.5) is 0 Å². The van der Waals surface area contributed by atoms with E-state index >= 15 is 0 Å². The average molecular weight is 249 g/mol. The second kappa shape index (κ2) is 5.16. The van der Waals surface area contributed by atoms with Gasteiger partial charge in [0.05, 0.1) is 12.7 Å². The van der Waals surface area contributed by atoms with E-state index in [1.54, 1.807) is 7.11 Å². The third-order valence-corrected chi connectivity index (χ3v) is 2.55. The largest absolute Gasteiger partial charge is 0.496 e. The van der Waals surface area contributed by atoms with Gasteiger partial charge >= 0.3 is 0 Å². The van der Waals surface area contributed by atoms with Crippen molar-refractivity contribution in [2.45, 2.75) is 13.0 Å². The van der Waals surface area contributed by atoms with E-state index in [0.717, 1.165) is 5.56 Å². The van der Waals surface area contributed by atoms with E-state index in [2.05, 4.69) is 10.1 Å². The third-order valence-electron chi connectivity index (χ3n) is 2.55. The molecule has 0 amide bonds. The fourth-order valence-corrected chi connectivity index (χ4v) is 1.56. The first-order valence-electron chi connectivity index (χ1n) is 5.52. The minimum Gasteiger partial charge on any atom is -0.496 e. The molecule has 0 radical (unpaired) electrons. The zero-order chi connectivity index (χ0) is 13.1. The molecule has 1 atom stereocenters. The summed E-state index contributed by atoms with van der Waals surface area (Å²) < 4.78 is 10.2. The Bertz CT molecular complexity index is 539. The maximum atomic E-state index is 9.51. The van der Waals surface area contributed by atoms with Crippen molar-refractivity contribution in [2.24, 2.45) is 5.73 Å². The number of benzene rings is 1. The highest BCUT2D eigenvalue weighted by molar-refractivity contribution is 5.64. The van der Waals surface area contributed by atoms with E-state index in [-0.39, 0.29) is 12.4 Å². The number of hydrogen-bond acceptors (Lipinski definition) is 6. The van der Waals surface area contributed by atoms with Crippen molar-refractivity contribution in [1.82, 2.24) is 10.1 Å². The SMILES string of the molecule is COc1cc(C)ccc1-c1noc([C@@H](O)CN)n1. The van der Waals surface area contributed by atoms with Crippen molar-refractivity contribution in [1.29, 1.82) is 0 Å². The summed E-state index contributed by atoms with van der Waals surface area (Å²) in [5.74, 6) is 1.13. The monoisotopic (exact) mass is 249 g/mol. The van der Waals surface area contributed by atoms with Crippen LogP contribution in [-0.4, -0.2) is 28.9 Å². The van der Waals surface area contributed by atoms with Crippen LogP contribution in [0.25, 0.3) is 11.4 Å². The van der Waals surface area contributed by atoms with Crippen molar-refractivity contribution in [2.75, 3.05) is 13.7 Å². The van der Waals surface area contributed by atoms with Gasteiger partial charge in [0.1, 0.15) is 11.9 Å². The third kappa shape index (κ3) is 2.34. The van der Waals surface area contributed by atoms with Gasteiger partial charge in [-0.1, -0.05) is 11.2 Å². The van der Waals surface area contributed by atoms with Gasteiger partial charge in [-0.3, -0.25) is 0 Å². The molecule has 2 rings (SSSR count). The van der Waals surface area contributed by atoms with Gasteiger partial charge in [0.2, 0.25) is 5.82 Å². The van der Waals surface area contributed by atoms with Gasteiger partial charge in [-0.05, 0) is 24.6 Å². The fourth-order valence-electron chi connectivity index (χ4n) is 1.56. The zero-order valence-electron chi connectivity index (χ0n) is 10.3. The second-order valence-corrected chi connectivity index (χ2v) is 3.91. The van der Waals surface area contributed by atoms with Gasteiger partial charge in [-0.15, -0.1) is 0 Å². The molecule has 0 unspecified atom stereocenters. The molecule has 0 bridgehead atoms. The molecule has 0 aliphatic rings. The minimum absolute atomic E-state index is 0.0344. The van der Waals surface area contributed by atoms with E-state index < -0.39 is 6.10 Å². The molecule has 96 valence electrons. The summed E-state index contributed by atoms with van der Waals surface area (Å²) in [6.07, 6.45) is -0.942. The molecule has 0 saturated carbocycles. The van der Waals surface area contributed by atoms with E-state index in [0.29, 0.717) is 17.1 Å². The number of aromatic nitrogens is 2. The molecule has 0 spiro atoms. The topological polar surface area (TPSA) is 94.4 Å². The lowest BCUT2D eigenvalue weighted by Crippen LogP contribution is -2.11. The molecule has 0 saturated heterocycles. The van der Waals surface area contributed by atoms with Crippen LogP contribution in [-0.2, 0) is 0 Å². The zero-order valence-corrected chi connectivity index (χ0v) is 10.3. The van der Waals surface area contributed by atoms with Gasteiger partial charge in [-0.25, -0.2) is 0 Å². The smallest absolute Gasteiger partial charge is 0.257 e. The fraction of sp³-hybridized carbons (Fsp3) is 0.333. The Morgan fingerprint density at radius 2 is 2.28 bits per heavy atom. The Labute approximate surface area is 104 Å². The highest BCUT2D eigenvalue weighted by atomic mass is 16.5. The second-order valence-electron chi connectivity index (χ2n) is 3.91. The molecule has 1 aromatic carbocycles. The Hall–Kier alpha value is -1.92. The number of nitrogens with zero attached hydrogens (tertiary/aromatic N) is 2. The van der Waals surface area contributed by atoms with Crippen LogP contribution in [0.3, 0.4) is 0 Å². The van der Waals surface area contributed by atoms with Crippen molar-refractivity contribution in [3.63, 3.8) is 0 Å². The first kappa shape index (κ1) is 12.5. The molecule has 6 heteroatoms. The van der Waals surface area contributed by atoms with Gasteiger partial charge in [0, 0.05) is 6.54 Å². The summed E-state index contributed by atoms with van der Waals surface area (Å²) >= 11 is 0. The first-order chi connectivity index (χ1) is 8.65. The lowest BCUT2D eigenvalue weighted by atomic mass is 10.1. The number of aryl methyl sites for hydroxylation is 1. The number of rotatable bonds is 4. The van der Waals surface area contributed by atoms with Crippen molar-refractivity contribution < 1.29 is 14.4 Å². The van der Waals surface area contributed by atoms with Crippen molar-refractivity contribution in [3.05, 3.63) is 29.7 Å². The lowest BCUT2D eigenvalue weighted by molar-refractivity contribution is 0.141. The van der Waals surface area contributed by atoms with Crippen LogP contribution >= 0.6 is 0 Å². The summed E-state index contributed by atoms with van der Waals surface area (Å²) in [6.45, 7) is 2.00. The van der Waals surface area contributed by atoms with Crippen LogP contribution in [0.1, 0.15) is 17.6 Å². The molecule has 2 aromatic rings. The van der Waals surface area contributed by atoms with Crippen LogP contribution in [0, 0.1) is 6.92 Å². The standard InChI is InChI=1S/C12H15N3O3/c1-7-3-4-8(10(5-7)17-2)11-14-12(18-15-11)9(16)6-13/h3-5,9,16H,6,13H2,1-2H3/t9-/m0/s1. The molecule has 1 heterocycles. The number of ether oxygens (including phenoxy) is 1. The Morgan fingerprint density at radius 3 is 2.94 bits per heavy atom. The predicted octanol–water partition coefficient (Wildman–Crippen LogP) is 1.05. The highest BCUT2D eigenvalue weighted by Crippen LogP contribution is 2.29. The molecule has 1 aromatic heterocycles. The Kier molecular flexibility index (Phi) is 3.59. The van der Waals surface area contributed by atoms with Crippen molar-refractivity contribution in [3.8, 4) is 17.1 Å². The molecular weight excluding hydrogens is 234 g/mol. The molecule has 18 heavy (non-hydrogen) atoms. The summed E-state index contributed by atoms with van der Waals surface area (Å²) in [4.78, 5) is 4.10. The van der Waals surface area contributed by atoms with E-state index in [1.165, 1.54) is 0 Å². The molecule has 0 fully saturated rings. The van der Waals surface area contributed by atoms with E-state index in [1.807, 2.05) is 25.1 Å². The quantitative estimate of drug-likeness (QED) is 0.840. The minimum atomic E-state index is -0.942. The van der Waals surface area contributed by atoms with Gasteiger partial charge in [-0.2, -0.15) is 4.98 Å². The molecular formula is C12H15N3O3. The van der Waals surface area contributed by atoms with Crippen LogP contribution < -0.4 is 10.5 Å². The molecule has 0 aliphatic heterocycles. The predicted molar refractivity (Wildman–Crippen MR) is 65.0 cm³/mol. The Morgan fingerprint density at radius 1 is 1.50 bits per heavy atom. The normalized spacial score (nSPS) is 12.4. The highest BCUT2D eigenvalue weighted by Gasteiger charge is 2.17. The summed E-state index contributed by atoms with van der Waals surface area (Å²) in [7, 11) is 1.58. The van der Waals surface area contributed by atoms with Gasteiger partial charge < -0.3 is 20.1 Å². The number of aliphatic hydroxyl groups excluding tert-OH is 1. The number of nitrogens with two attached hydrogens (primary N) is 1. The molecule has 0 aliphatic carbocycles. The average Bonchev–Trinajstić information content (AvgIpc) is 2.87. The summed E-state index contributed by atoms with van der Waals surface area (Å²) in [5, 5.41) is 13.3. The first-order valence-corrected chi connectivity index (χ1v) is 5.52. The maximum absolute atomic E-state index is 9.51. The lowest BCUT2D eigenvalue weighted by Gasteiger charge is -2.05. The van der Waals surface area contributed by atoms with Gasteiger partial charge in [0.25, 0.3) is 5.89 Å². The number of hydrogen-bond donors (Lipinski definition) is 2. The van der Waals surface area contributed by atoms with E-state index in [9.17, 15) is 5.11 Å². The van der Waals surface area contributed by atoms with E-state index in [4.69, 9.17) is 15.0 Å². The van der Waals surface area contributed by atoms with Crippen LogP contribution in [0.2, 0.25) is 0 Å². The van der Waals surface area contributed by atoms with Crippen LogP contribution in [0.5, 0.6) is 5.75 Å². The molecule has 3 N–H and O–H groups in total. The summed E-state index contributed by atoms with van der Waals surface area (Å²) in [5.41, 5.74) is 7.11. The summed E-state index contributed by atoms with van der Waals surface area (Å²) in [6, 6.07) is 5.65. The number of aliphatic hydroxyl groups is 1. The van der Waals surface area contributed by atoms with Gasteiger partial charge in [0.15, 0.2) is 0 Å². The number of methoxy groups -OCH3 is 1. The molecule has 6 nitrogen and oxygen atoms in total. The maximum Gasteiger partial charge on any atom is 0.257 e. The van der Waals surface area contributed by atoms with Crippen molar-refractivity contribution >= 4 is 0 Å².